The quantitative estimate of drug-likeness (QED) is 0.163. The Bertz CT molecular complexity index is 1850. The van der Waals surface area contributed by atoms with Crippen molar-refractivity contribution >= 4 is 52.2 Å². The number of benzene rings is 3. The molecule has 4 aromatic rings. The Hall–Kier alpha value is -4.91. The fourth-order valence-corrected chi connectivity index (χ4v) is 5.87. The number of aromatic nitrogens is 2. The van der Waals surface area contributed by atoms with Crippen molar-refractivity contribution in [2.45, 2.75) is 45.4 Å². The number of hydrogen-bond donors (Lipinski definition) is 3. The van der Waals surface area contributed by atoms with Crippen molar-refractivity contribution in [1.82, 2.24) is 15.5 Å². The lowest BCUT2D eigenvalue weighted by Gasteiger charge is -2.27. The Morgan fingerprint density at radius 2 is 1.74 bits per heavy atom. The number of ether oxygens (including phenoxy) is 2. The third-order valence-corrected chi connectivity index (χ3v) is 8.62. The van der Waals surface area contributed by atoms with Crippen LogP contribution in [0.25, 0.3) is 5.57 Å². The van der Waals surface area contributed by atoms with Gasteiger partial charge in [-0.05, 0) is 71.4 Å². The standard InChI is InChI=1S/C35H35N5O5S2/c1-21(2)30(32(42)40(33-38-39-34(46)47-33)35(43)44-20-24-9-5-4-6-10-24)37-31(41)28(36)19-23-13-16-26(17-14-23)45-29-18-15-25-11-7-8-12-27(25)22(29)3/h4-14,16-18,21,28,30H,3,15,19-20,36H2,1-2H3,(H,37,41)(H,39,46)/t28-,30-/m0/s1. The summed E-state index contributed by atoms with van der Waals surface area (Å²) in [4.78, 5) is 41.1. The lowest BCUT2D eigenvalue weighted by molar-refractivity contribution is -0.129. The van der Waals surface area contributed by atoms with E-state index in [0.29, 0.717) is 11.5 Å². The van der Waals surface area contributed by atoms with Crippen LogP contribution in [-0.4, -0.2) is 40.2 Å². The zero-order chi connectivity index (χ0) is 33.5. The topological polar surface area (TPSA) is 140 Å². The summed E-state index contributed by atoms with van der Waals surface area (Å²) in [6, 6.07) is 22.4. The van der Waals surface area contributed by atoms with Crippen molar-refractivity contribution in [2.75, 3.05) is 4.90 Å². The molecule has 10 nitrogen and oxygen atoms in total. The molecule has 0 aliphatic heterocycles. The molecule has 242 valence electrons. The number of H-pyrrole nitrogens is 1. The monoisotopic (exact) mass is 669 g/mol. The fraction of sp³-hybridized carbons (Fsp3) is 0.229. The van der Waals surface area contributed by atoms with Gasteiger partial charge in [-0.2, -0.15) is 4.90 Å². The second-order valence-electron chi connectivity index (χ2n) is 11.3. The highest BCUT2D eigenvalue weighted by atomic mass is 32.1. The van der Waals surface area contributed by atoms with Crippen molar-refractivity contribution in [3.05, 3.63) is 123 Å². The average molecular weight is 670 g/mol. The lowest BCUT2D eigenvalue weighted by atomic mass is 9.92. The first-order valence-electron chi connectivity index (χ1n) is 15.0. The number of imide groups is 1. The van der Waals surface area contributed by atoms with Crippen LogP contribution in [0.5, 0.6) is 5.75 Å². The summed E-state index contributed by atoms with van der Waals surface area (Å²) in [5.41, 5.74) is 10.9. The smallest absolute Gasteiger partial charge is 0.423 e. The number of allylic oxidation sites excluding steroid dienone is 2. The van der Waals surface area contributed by atoms with E-state index < -0.39 is 35.9 Å². The van der Waals surface area contributed by atoms with Crippen LogP contribution in [0.15, 0.2) is 97.3 Å². The number of carbonyl (C=O) groups is 3. The molecule has 4 N–H and O–H groups in total. The van der Waals surface area contributed by atoms with Gasteiger partial charge in [-0.25, -0.2) is 4.79 Å². The Morgan fingerprint density at radius 1 is 1.04 bits per heavy atom. The third-order valence-electron chi connectivity index (χ3n) is 7.55. The number of amides is 3. The molecular weight excluding hydrogens is 635 g/mol. The van der Waals surface area contributed by atoms with E-state index in [1.165, 1.54) is 5.56 Å². The molecule has 0 unspecified atom stereocenters. The van der Waals surface area contributed by atoms with Gasteiger partial charge in [0.05, 0.1) is 6.04 Å². The number of anilines is 1. The van der Waals surface area contributed by atoms with E-state index in [9.17, 15) is 14.4 Å². The van der Waals surface area contributed by atoms with E-state index in [1.807, 2.05) is 66.7 Å². The molecule has 12 heteroatoms. The maximum absolute atomic E-state index is 13.8. The lowest BCUT2D eigenvalue weighted by Crippen LogP contribution is -2.56. The van der Waals surface area contributed by atoms with Crippen molar-refractivity contribution in [3.8, 4) is 5.75 Å². The van der Waals surface area contributed by atoms with Crippen LogP contribution in [0, 0.1) is 9.87 Å². The predicted octanol–water partition coefficient (Wildman–Crippen LogP) is 6.11. The molecule has 0 fully saturated rings. The van der Waals surface area contributed by atoms with E-state index in [4.69, 9.17) is 27.4 Å². The molecular formula is C35H35N5O5S2. The largest absolute Gasteiger partial charge is 0.457 e. The number of hydrogen-bond acceptors (Lipinski definition) is 9. The number of carbonyl (C=O) groups excluding carboxylic acids is 3. The van der Waals surface area contributed by atoms with E-state index >= 15 is 0 Å². The normalized spacial score (nSPS) is 13.6. The number of aromatic amines is 1. The number of rotatable bonds is 11. The Balaban J connectivity index is 1.22. The summed E-state index contributed by atoms with van der Waals surface area (Å²) >= 11 is 6.06. The number of nitrogens with two attached hydrogens (primary N) is 1. The van der Waals surface area contributed by atoms with Crippen LogP contribution in [0.2, 0.25) is 0 Å². The molecule has 1 aliphatic carbocycles. The summed E-state index contributed by atoms with van der Waals surface area (Å²) in [7, 11) is 0. The van der Waals surface area contributed by atoms with E-state index in [0.717, 1.165) is 44.9 Å². The van der Waals surface area contributed by atoms with Gasteiger partial charge >= 0.3 is 6.09 Å². The Labute approximate surface area is 281 Å². The molecule has 0 saturated carbocycles. The van der Waals surface area contributed by atoms with Crippen LogP contribution in [-0.2, 0) is 33.8 Å². The van der Waals surface area contributed by atoms with Crippen LogP contribution < -0.4 is 20.7 Å². The van der Waals surface area contributed by atoms with Crippen molar-refractivity contribution < 1.29 is 23.9 Å². The third kappa shape index (κ3) is 8.28. The minimum absolute atomic E-state index is 0.00124. The van der Waals surface area contributed by atoms with Gasteiger partial charge in [-0.1, -0.05) is 98.5 Å². The zero-order valence-corrected chi connectivity index (χ0v) is 27.6. The summed E-state index contributed by atoms with van der Waals surface area (Å²) in [6.07, 6.45) is 2.03. The fourth-order valence-electron chi connectivity index (χ4n) is 5.00. The number of nitrogens with one attached hydrogen (secondary N) is 2. The van der Waals surface area contributed by atoms with Gasteiger partial charge in [0, 0.05) is 5.57 Å². The summed E-state index contributed by atoms with van der Waals surface area (Å²) in [5, 5.41) is 9.34. The molecule has 3 amide bonds. The van der Waals surface area contributed by atoms with Gasteiger partial charge in [0.15, 0.2) is 3.95 Å². The van der Waals surface area contributed by atoms with Gasteiger partial charge in [0.25, 0.3) is 5.91 Å². The molecule has 0 spiro atoms. The molecule has 1 heterocycles. The van der Waals surface area contributed by atoms with Crippen LogP contribution in [0.3, 0.4) is 0 Å². The first-order valence-corrected chi connectivity index (χ1v) is 16.2. The number of nitrogens with zero attached hydrogens (tertiary/aromatic N) is 2. The Morgan fingerprint density at radius 3 is 2.43 bits per heavy atom. The molecule has 1 aliphatic rings. The molecule has 2 atom stereocenters. The summed E-state index contributed by atoms with van der Waals surface area (Å²) < 4.78 is 11.8. The highest BCUT2D eigenvalue weighted by Crippen LogP contribution is 2.32. The van der Waals surface area contributed by atoms with Gasteiger partial charge in [-0.3, -0.25) is 14.7 Å². The van der Waals surface area contributed by atoms with Crippen molar-refractivity contribution in [3.63, 3.8) is 0 Å². The van der Waals surface area contributed by atoms with Crippen LogP contribution >= 0.6 is 23.6 Å². The highest BCUT2D eigenvalue weighted by molar-refractivity contribution is 7.73. The van der Waals surface area contributed by atoms with Crippen LogP contribution in [0.1, 0.15) is 36.1 Å². The zero-order valence-electron chi connectivity index (χ0n) is 26.0. The molecule has 3 aromatic carbocycles. The molecule has 47 heavy (non-hydrogen) atoms. The molecule has 0 saturated heterocycles. The second-order valence-corrected chi connectivity index (χ2v) is 12.9. The predicted molar refractivity (Wildman–Crippen MR) is 184 cm³/mol. The SMILES string of the molecule is C=C1C(Oc2ccc(C[C@H](N)C(=O)N[C@H](C(=O)N(C(=O)OCc3ccccc3)c3n[nH]c(=S)s3)C(C)C)cc2)=CCc2ccccc21. The average Bonchev–Trinajstić information content (AvgIpc) is 3.50. The van der Waals surface area contributed by atoms with E-state index in [2.05, 4.69) is 28.2 Å². The first kappa shape index (κ1) is 33.5. The first-order chi connectivity index (χ1) is 22.6. The number of fused-ring (bicyclic) bond motifs is 1. The summed E-state index contributed by atoms with van der Waals surface area (Å²) in [5.74, 6) is -0.340. The van der Waals surface area contributed by atoms with Gasteiger partial charge in [0.2, 0.25) is 11.0 Å². The van der Waals surface area contributed by atoms with Gasteiger partial charge in [-0.15, -0.1) is 5.10 Å². The van der Waals surface area contributed by atoms with Crippen molar-refractivity contribution in [1.29, 1.82) is 0 Å². The maximum Gasteiger partial charge on any atom is 0.423 e. The van der Waals surface area contributed by atoms with E-state index in [1.54, 1.807) is 26.0 Å². The minimum Gasteiger partial charge on any atom is -0.457 e. The Kier molecular flexibility index (Phi) is 10.8. The van der Waals surface area contributed by atoms with E-state index in [-0.39, 0.29) is 22.1 Å². The minimum atomic E-state index is -1.10. The highest BCUT2D eigenvalue weighted by Gasteiger charge is 2.37. The molecule has 0 bridgehead atoms. The van der Waals surface area contributed by atoms with Crippen LogP contribution in [0.4, 0.5) is 9.93 Å². The molecule has 5 rings (SSSR count). The molecule has 0 radical (unpaired) electrons. The summed E-state index contributed by atoms with van der Waals surface area (Å²) in [6.45, 7) is 7.64. The molecule has 1 aromatic heterocycles. The van der Waals surface area contributed by atoms with Gasteiger partial charge < -0.3 is 20.5 Å². The maximum atomic E-state index is 13.8. The van der Waals surface area contributed by atoms with Crippen molar-refractivity contribution in [2.24, 2.45) is 11.7 Å². The van der Waals surface area contributed by atoms with Gasteiger partial charge in [0.1, 0.15) is 24.2 Å². The second kappa shape index (κ2) is 15.1.